The molecule has 0 saturated carbocycles. The number of carbonyl (C=O) groups is 2. The van der Waals surface area contributed by atoms with Gasteiger partial charge in [0.15, 0.2) is 0 Å². The summed E-state index contributed by atoms with van der Waals surface area (Å²) < 4.78 is 27.1. The van der Waals surface area contributed by atoms with Gasteiger partial charge >= 0.3 is 12.1 Å². The summed E-state index contributed by atoms with van der Waals surface area (Å²) in [6.45, 7) is 5.07. The highest BCUT2D eigenvalue weighted by Crippen LogP contribution is 2.33. The summed E-state index contributed by atoms with van der Waals surface area (Å²) in [5, 5.41) is 12.2. The van der Waals surface area contributed by atoms with Gasteiger partial charge in [-0.05, 0) is 43.9 Å². The van der Waals surface area contributed by atoms with Crippen LogP contribution in [0, 0.1) is 11.3 Å². The van der Waals surface area contributed by atoms with Crippen molar-refractivity contribution in [3.8, 4) is 11.8 Å². The molecule has 2 aromatic rings. The second-order valence-electron chi connectivity index (χ2n) is 9.62. The fourth-order valence-electron chi connectivity index (χ4n) is 4.70. The SMILES string of the molecule is COC[C@@H](C)Oc1cc(NC(=O)N2CCCc3cc(CN4C(=O)OC[C@@H]4C)c(C(OC)OC)nc32)ncc1C#N. The van der Waals surface area contributed by atoms with E-state index in [9.17, 15) is 14.9 Å². The normalized spacial score (nSPS) is 17.3. The number of ether oxygens (including phenoxy) is 5. The molecule has 1 fully saturated rings. The van der Waals surface area contributed by atoms with Gasteiger partial charge in [-0.2, -0.15) is 5.26 Å². The number of nitrogens with one attached hydrogen (secondary N) is 1. The highest BCUT2D eigenvalue weighted by Gasteiger charge is 2.33. The van der Waals surface area contributed by atoms with Crippen LogP contribution in [0.5, 0.6) is 5.75 Å². The molecule has 40 heavy (non-hydrogen) atoms. The zero-order valence-corrected chi connectivity index (χ0v) is 23.3. The number of anilines is 2. The third-order valence-corrected chi connectivity index (χ3v) is 6.68. The first-order chi connectivity index (χ1) is 19.3. The van der Waals surface area contributed by atoms with Crippen LogP contribution in [0.2, 0.25) is 0 Å². The lowest BCUT2D eigenvalue weighted by atomic mass is 10.0. The number of fused-ring (bicyclic) bond motifs is 1. The summed E-state index contributed by atoms with van der Waals surface area (Å²) in [5.41, 5.74) is 2.32. The predicted octanol–water partition coefficient (Wildman–Crippen LogP) is 3.38. The number of urea groups is 1. The Morgan fingerprint density at radius 1 is 1.30 bits per heavy atom. The molecule has 2 aliphatic heterocycles. The maximum absolute atomic E-state index is 13.5. The standard InChI is InChI=1S/C27H34N6O7/c1-16-14-39-27(35)33(16)13-19-9-18-7-6-8-32(24(18)31-23(19)25(37-4)38-5)26(34)30-22-10-21(20(11-28)12-29-22)40-17(2)15-36-3/h9-10,12,16-17,25H,6-8,13-15H2,1-5H3,(H,29,30,34)/t16-,17+/m0/s1. The number of nitriles is 1. The first kappa shape index (κ1) is 29.0. The zero-order valence-electron chi connectivity index (χ0n) is 23.3. The summed E-state index contributed by atoms with van der Waals surface area (Å²) in [7, 11) is 4.56. The monoisotopic (exact) mass is 554 g/mol. The molecule has 4 heterocycles. The predicted molar refractivity (Wildman–Crippen MR) is 143 cm³/mol. The fourth-order valence-corrected chi connectivity index (χ4v) is 4.70. The molecular formula is C27H34N6O7. The minimum absolute atomic E-state index is 0.0894. The van der Waals surface area contributed by atoms with Gasteiger partial charge in [-0.1, -0.05) is 0 Å². The molecule has 0 unspecified atom stereocenters. The molecule has 0 aliphatic carbocycles. The van der Waals surface area contributed by atoms with Gasteiger partial charge in [0.25, 0.3) is 0 Å². The van der Waals surface area contributed by atoms with E-state index in [1.165, 1.54) is 31.4 Å². The van der Waals surface area contributed by atoms with Gasteiger partial charge in [0.1, 0.15) is 47.4 Å². The molecule has 0 aromatic carbocycles. The number of rotatable bonds is 10. The van der Waals surface area contributed by atoms with E-state index >= 15 is 0 Å². The molecule has 3 amide bonds. The Morgan fingerprint density at radius 3 is 2.73 bits per heavy atom. The van der Waals surface area contributed by atoms with Crippen molar-refractivity contribution in [1.82, 2.24) is 14.9 Å². The summed E-state index contributed by atoms with van der Waals surface area (Å²) in [6.07, 6.45) is 1.25. The summed E-state index contributed by atoms with van der Waals surface area (Å²) in [6, 6.07) is 4.98. The minimum atomic E-state index is -0.810. The van der Waals surface area contributed by atoms with Gasteiger partial charge in [-0.3, -0.25) is 15.1 Å². The number of hydrogen-bond acceptors (Lipinski definition) is 10. The summed E-state index contributed by atoms with van der Waals surface area (Å²) in [5.74, 6) is 0.984. The third kappa shape index (κ3) is 6.25. The number of aromatic nitrogens is 2. The van der Waals surface area contributed by atoms with E-state index in [1.54, 1.807) is 12.0 Å². The molecule has 2 aromatic heterocycles. The van der Waals surface area contributed by atoms with Crippen molar-refractivity contribution in [2.24, 2.45) is 0 Å². The molecule has 0 spiro atoms. The van der Waals surface area contributed by atoms with E-state index < -0.39 is 18.4 Å². The van der Waals surface area contributed by atoms with Crippen LogP contribution in [0.1, 0.15) is 48.9 Å². The van der Waals surface area contributed by atoms with Crippen molar-refractivity contribution < 1.29 is 33.3 Å². The molecule has 1 N–H and O–H groups in total. The van der Waals surface area contributed by atoms with E-state index in [2.05, 4.69) is 10.3 Å². The van der Waals surface area contributed by atoms with E-state index in [-0.39, 0.29) is 30.1 Å². The molecule has 2 atom stereocenters. The highest BCUT2D eigenvalue weighted by molar-refractivity contribution is 6.01. The third-order valence-electron chi connectivity index (χ3n) is 6.68. The maximum atomic E-state index is 13.5. The molecule has 0 radical (unpaired) electrons. The molecule has 13 nitrogen and oxygen atoms in total. The topological polar surface area (TPSA) is 148 Å². The van der Waals surface area contributed by atoms with Gasteiger partial charge in [-0.15, -0.1) is 0 Å². The molecule has 214 valence electrons. The van der Waals surface area contributed by atoms with Crippen molar-refractivity contribution in [3.63, 3.8) is 0 Å². The maximum Gasteiger partial charge on any atom is 0.410 e. The lowest BCUT2D eigenvalue weighted by Crippen LogP contribution is -2.40. The number of carbonyl (C=O) groups excluding carboxylic acids is 2. The second-order valence-corrected chi connectivity index (χ2v) is 9.62. The van der Waals surface area contributed by atoms with Crippen molar-refractivity contribution in [3.05, 3.63) is 40.7 Å². The lowest BCUT2D eigenvalue weighted by molar-refractivity contribution is -0.109. The van der Waals surface area contributed by atoms with Crippen LogP contribution in [-0.4, -0.2) is 80.2 Å². The lowest BCUT2D eigenvalue weighted by Gasteiger charge is -2.31. The Morgan fingerprint density at radius 2 is 2.08 bits per heavy atom. The zero-order chi connectivity index (χ0) is 28.8. The van der Waals surface area contributed by atoms with Crippen molar-refractivity contribution >= 4 is 23.8 Å². The Bertz CT molecular complexity index is 1280. The minimum Gasteiger partial charge on any atom is -0.487 e. The van der Waals surface area contributed by atoms with Crippen LogP contribution in [-0.2, 0) is 31.9 Å². The van der Waals surface area contributed by atoms with Crippen LogP contribution in [0.15, 0.2) is 18.3 Å². The second kappa shape index (κ2) is 12.9. The van der Waals surface area contributed by atoms with Crippen molar-refractivity contribution in [1.29, 1.82) is 5.26 Å². The smallest absolute Gasteiger partial charge is 0.410 e. The Labute approximate surface area is 232 Å². The molecule has 0 bridgehead atoms. The van der Waals surface area contributed by atoms with E-state index in [0.29, 0.717) is 49.9 Å². The van der Waals surface area contributed by atoms with Gasteiger partial charge in [0, 0.05) is 33.9 Å². The first-order valence-corrected chi connectivity index (χ1v) is 13.0. The van der Waals surface area contributed by atoms with Gasteiger partial charge in [0.2, 0.25) is 6.29 Å². The van der Waals surface area contributed by atoms with Crippen molar-refractivity contribution in [2.75, 3.05) is 51.3 Å². The molecule has 13 heteroatoms. The van der Waals surface area contributed by atoms with E-state index in [4.69, 9.17) is 28.7 Å². The number of cyclic esters (lactones) is 1. The van der Waals surface area contributed by atoms with Crippen LogP contribution >= 0.6 is 0 Å². The van der Waals surface area contributed by atoms with Gasteiger partial charge in [-0.25, -0.2) is 19.6 Å². The number of methoxy groups -OCH3 is 3. The average molecular weight is 555 g/mol. The van der Waals surface area contributed by atoms with Gasteiger partial charge in [0.05, 0.1) is 25.4 Å². The Balaban J connectivity index is 1.62. The van der Waals surface area contributed by atoms with E-state index in [1.807, 2.05) is 26.0 Å². The number of hydrogen-bond donors (Lipinski definition) is 1. The summed E-state index contributed by atoms with van der Waals surface area (Å²) in [4.78, 5) is 38.0. The number of aryl methyl sites for hydroxylation is 1. The van der Waals surface area contributed by atoms with Gasteiger partial charge < -0.3 is 23.7 Å². The van der Waals surface area contributed by atoms with E-state index in [0.717, 1.165) is 11.1 Å². The Hall–Kier alpha value is -3.99. The molecule has 1 saturated heterocycles. The van der Waals surface area contributed by atoms with Crippen LogP contribution in [0.3, 0.4) is 0 Å². The number of nitrogens with zero attached hydrogens (tertiary/aromatic N) is 5. The quantitative estimate of drug-likeness (QED) is 0.433. The van der Waals surface area contributed by atoms with Crippen LogP contribution in [0.25, 0.3) is 0 Å². The summed E-state index contributed by atoms with van der Waals surface area (Å²) >= 11 is 0. The van der Waals surface area contributed by atoms with Crippen LogP contribution in [0.4, 0.5) is 21.2 Å². The molecular weight excluding hydrogens is 520 g/mol. The average Bonchev–Trinajstić information content (AvgIpc) is 3.26. The van der Waals surface area contributed by atoms with Crippen LogP contribution < -0.4 is 15.0 Å². The number of pyridine rings is 2. The fraction of sp³-hybridized carbons (Fsp3) is 0.519. The Kier molecular flexibility index (Phi) is 9.36. The highest BCUT2D eigenvalue weighted by atomic mass is 16.7. The van der Waals surface area contributed by atoms with Crippen molar-refractivity contribution in [2.45, 2.75) is 51.7 Å². The largest absolute Gasteiger partial charge is 0.487 e. The molecule has 2 aliphatic rings. The first-order valence-electron chi connectivity index (χ1n) is 13.0. The number of amides is 3. The molecule has 4 rings (SSSR count).